The van der Waals surface area contributed by atoms with E-state index < -0.39 is 10.0 Å². The molecule has 0 aliphatic carbocycles. The molecular formula is C15H27NO2S. The lowest BCUT2D eigenvalue weighted by atomic mass is 10.1. The first-order valence-corrected chi connectivity index (χ1v) is 8.51. The highest BCUT2D eigenvalue weighted by atomic mass is 32.2. The third-order valence-corrected chi connectivity index (χ3v) is 4.63. The first-order chi connectivity index (χ1) is 8.73. The summed E-state index contributed by atoms with van der Waals surface area (Å²) < 4.78 is 25.4. The molecular weight excluding hydrogens is 258 g/mol. The van der Waals surface area contributed by atoms with Gasteiger partial charge in [-0.2, -0.15) is 4.31 Å². The minimum absolute atomic E-state index is 0.126. The van der Waals surface area contributed by atoms with Crippen LogP contribution in [0, 0.1) is 5.92 Å². The fourth-order valence-corrected chi connectivity index (χ4v) is 2.94. The molecule has 0 amide bonds. The van der Waals surface area contributed by atoms with E-state index in [0.717, 1.165) is 12.0 Å². The zero-order valence-electron chi connectivity index (χ0n) is 12.8. The van der Waals surface area contributed by atoms with Crippen LogP contribution >= 0.6 is 0 Å². The summed E-state index contributed by atoms with van der Waals surface area (Å²) in [4.78, 5) is 0. The molecule has 0 aliphatic heterocycles. The molecule has 2 unspecified atom stereocenters. The third-order valence-electron chi connectivity index (χ3n) is 3.31. The van der Waals surface area contributed by atoms with E-state index in [0.29, 0.717) is 12.5 Å². The van der Waals surface area contributed by atoms with Crippen LogP contribution in [0.5, 0.6) is 0 Å². The highest BCUT2D eigenvalue weighted by molar-refractivity contribution is 7.88. The van der Waals surface area contributed by atoms with Crippen LogP contribution in [-0.2, 0) is 10.0 Å². The third kappa shape index (κ3) is 6.73. The van der Waals surface area contributed by atoms with Gasteiger partial charge < -0.3 is 0 Å². The van der Waals surface area contributed by atoms with Crippen LogP contribution in [0.1, 0.15) is 34.1 Å². The van der Waals surface area contributed by atoms with Crippen LogP contribution in [0.2, 0.25) is 0 Å². The molecule has 4 heteroatoms. The number of nitrogens with zero attached hydrogens (tertiary/aromatic N) is 1. The Morgan fingerprint density at radius 1 is 1.32 bits per heavy atom. The Morgan fingerprint density at radius 3 is 2.32 bits per heavy atom. The SMILES string of the molecule is C=C/C=C\C=C(/C)C(C)N(CC(C)CC)S(C)(=O)=O. The van der Waals surface area contributed by atoms with Crippen molar-refractivity contribution in [1.82, 2.24) is 4.31 Å². The molecule has 0 rings (SSSR count). The molecule has 3 nitrogen and oxygen atoms in total. The zero-order valence-corrected chi connectivity index (χ0v) is 13.6. The van der Waals surface area contributed by atoms with Crippen LogP contribution in [0.4, 0.5) is 0 Å². The van der Waals surface area contributed by atoms with E-state index >= 15 is 0 Å². The van der Waals surface area contributed by atoms with Crippen molar-refractivity contribution in [3.05, 3.63) is 36.5 Å². The summed E-state index contributed by atoms with van der Waals surface area (Å²) in [5, 5.41) is 0. The van der Waals surface area contributed by atoms with Crippen LogP contribution in [0.3, 0.4) is 0 Å². The molecule has 110 valence electrons. The average molecular weight is 285 g/mol. The van der Waals surface area contributed by atoms with Crippen LogP contribution in [0.25, 0.3) is 0 Å². The van der Waals surface area contributed by atoms with Crippen LogP contribution in [-0.4, -0.2) is 31.6 Å². The van der Waals surface area contributed by atoms with E-state index in [1.54, 1.807) is 10.4 Å². The van der Waals surface area contributed by atoms with Crippen molar-refractivity contribution in [2.75, 3.05) is 12.8 Å². The van der Waals surface area contributed by atoms with Crippen LogP contribution < -0.4 is 0 Å². The number of hydrogen-bond donors (Lipinski definition) is 0. The van der Waals surface area contributed by atoms with Gasteiger partial charge in [0, 0.05) is 12.6 Å². The van der Waals surface area contributed by atoms with Gasteiger partial charge in [-0.15, -0.1) is 0 Å². The van der Waals surface area contributed by atoms with Crippen molar-refractivity contribution in [2.24, 2.45) is 5.92 Å². The van der Waals surface area contributed by atoms with Crippen molar-refractivity contribution in [3.63, 3.8) is 0 Å². The van der Waals surface area contributed by atoms with Gasteiger partial charge in [0.05, 0.1) is 6.26 Å². The average Bonchev–Trinajstić information content (AvgIpc) is 2.33. The van der Waals surface area contributed by atoms with Gasteiger partial charge in [-0.05, 0) is 19.8 Å². The minimum atomic E-state index is -3.20. The second-order valence-corrected chi connectivity index (χ2v) is 6.99. The Labute approximate surface area is 118 Å². The van der Waals surface area contributed by atoms with Gasteiger partial charge in [0.2, 0.25) is 10.0 Å². The monoisotopic (exact) mass is 285 g/mol. The van der Waals surface area contributed by atoms with Gasteiger partial charge in [-0.25, -0.2) is 8.42 Å². The molecule has 0 saturated carbocycles. The molecule has 0 radical (unpaired) electrons. The molecule has 0 heterocycles. The summed E-state index contributed by atoms with van der Waals surface area (Å²) in [6, 6.07) is -0.126. The predicted molar refractivity (Wildman–Crippen MR) is 83.6 cm³/mol. The largest absolute Gasteiger partial charge is 0.212 e. The zero-order chi connectivity index (χ0) is 15.1. The minimum Gasteiger partial charge on any atom is -0.212 e. The summed E-state index contributed by atoms with van der Waals surface area (Å²) in [6.45, 7) is 12.2. The van der Waals surface area contributed by atoms with E-state index in [4.69, 9.17) is 0 Å². The smallest absolute Gasteiger partial charge is 0.211 e. The molecule has 0 fully saturated rings. The highest BCUT2D eigenvalue weighted by Gasteiger charge is 2.25. The summed E-state index contributed by atoms with van der Waals surface area (Å²) in [6.07, 6.45) is 9.58. The molecule has 0 aromatic carbocycles. The van der Waals surface area contributed by atoms with Gasteiger partial charge in [0.15, 0.2) is 0 Å². The topological polar surface area (TPSA) is 37.4 Å². The Balaban J connectivity index is 5.11. The maximum atomic E-state index is 11.9. The van der Waals surface area contributed by atoms with Gasteiger partial charge in [0.25, 0.3) is 0 Å². The highest BCUT2D eigenvalue weighted by Crippen LogP contribution is 2.17. The fourth-order valence-electron chi connectivity index (χ4n) is 1.67. The fraction of sp³-hybridized carbons (Fsp3) is 0.600. The molecule has 0 aliphatic rings. The van der Waals surface area contributed by atoms with E-state index in [2.05, 4.69) is 20.4 Å². The van der Waals surface area contributed by atoms with E-state index in [1.165, 1.54) is 6.26 Å². The lowest BCUT2D eigenvalue weighted by Gasteiger charge is -2.29. The van der Waals surface area contributed by atoms with E-state index in [-0.39, 0.29) is 6.04 Å². The predicted octanol–water partition coefficient (Wildman–Crippen LogP) is 3.37. The number of allylic oxidation sites excluding steroid dienone is 4. The maximum absolute atomic E-state index is 11.9. The second-order valence-electron chi connectivity index (χ2n) is 5.05. The standard InChI is InChI=1S/C15H27NO2S/c1-7-9-10-11-14(4)15(5)16(19(6,17)18)12-13(3)8-2/h7,9-11,13,15H,1,8,12H2,2-6H3/b10-9-,14-11+. The Kier molecular flexibility index (Phi) is 7.95. The molecule has 0 N–H and O–H groups in total. The van der Waals surface area contributed by atoms with Crippen molar-refractivity contribution in [1.29, 1.82) is 0 Å². The van der Waals surface area contributed by atoms with E-state index in [1.807, 2.05) is 32.1 Å². The molecule has 0 aromatic heterocycles. The summed E-state index contributed by atoms with van der Waals surface area (Å²) in [7, 11) is -3.20. The van der Waals surface area contributed by atoms with Gasteiger partial charge in [-0.3, -0.25) is 0 Å². The van der Waals surface area contributed by atoms with Crippen molar-refractivity contribution in [2.45, 2.75) is 40.2 Å². The lowest BCUT2D eigenvalue weighted by Crippen LogP contribution is -2.41. The van der Waals surface area contributed by atoms with Gasteiger partial charge in [0.1, 0.15) is 0 Å². The van der Waals surface area contributed by atoms with Gasteiger partial charge in [-0.1, -0.05) is 56.7 Å². The number of hydrogen-bond acceptors (Lipinski definition) is 2. The first-order valence-electron chi connectivity index (χ1n) is 6.66. The molecule has 0 bridgehead atoms. The normalized spacial score (nSPS) is 16.8. The van der Waals surface area contributed by atoms with Gasteiger partial charge >= 0.3 is 0 Å². The molecule has 0 aromatic rings. The molecule has 0 saturated heterocycles. The summed E-state index contributed by atoms with van der Waals surface area (Å²) >= 11 is 0. The Hall–Kier alpha value is -0.870. The lowest BCUT2D eigenvalue weighted by molar-refractivity contribution is 0.317. The maximum Gasteiger partial charge on any atom is 0.211 e. The molecule has 0 spiro atoms. The number of sulfonamides is 1. The van der Waals surface area contributed by atoms with Crippen molar-refractivity contribution >= 4 is 10.0 Å². The summed E-state index contributed by atoms with van der Waals surface area (Å²) in [5.41, 5.74) is 1.02. The van der Waals surface area contributed by atoms with Crippen molar-refractivity contribution < 1.29 is 8.42 Å². The molecule has 19 heavy (non-hydrogen) atoms. The summed E-state index contributed by atoms with van der Waals surface area (Å²) in [5.74, 6) is 0.355. The number of rotatable bonds is 8. The molecule has 2 atom stereocenters. The quantitative estimate of drug-likeness (QED) is 0.641. The second kappa shape index (κ2) is 8.33. The van der Waals surface area contributed by atoms with Crippen molar-refractivity contribution in [3.8, 4) is 0 Å². The Bertz CT molecular complexity index is 435. The Morgan fingerprint density at radius 2 is 1.89 bits per heavy atom. The first kappa shape index (κ1) is 18.1. The van der Waals surface area contributed by atoms with E-state index in [9.17, 15) is 8.42 Å². The van der Waals surface area contributed by atoms with Crippen LogP contribution in [0.15, 0.2) is 36.5 Å².